The molecule has 0 aliphatic heterocycles. The van der Waals surface area contributed by atoms with E-state index in [2.05, 4.69) is 15.0 Å². The average Bonchev–Trinajstić information content (AvgIpc) is 2.77. The molecule has 2 aromatic rings. The van der Waals surface area contributed by atoms with Crippen LogP contribution in [0.25, 0.3) is 0 Å². The lowest BCUT2D eigenvalue weighted by Crippen LogP contribution is -2.11. The van der Waals surface area contributed by atoms with E-state index in [0.717, 1.165) is 22.0 Å². The monoisotopic (exact) mass is 283 g/mol. The first-order chi connectivity index (χ1) is 8.51. The lowest BCUT2D eigenvalue weighted by Gasteiger charge is -2.06. The minimum atomic E-state index is -3.53. The molecule has 96 valence electrons. The van der Waals surface area contributed by atoms with Crippen molar-refractivity contribution < 1.29 is 8.42 Å². The number of benzene rings is 1. The van der Waals surface area contributed by atoms with Crippen LogP contribution in [0.3, 0.4) is 0 Å². The number of aryl methyl sites for hydroxylation is 1. The van der Waals surface area contributed by atoms with Crippen LogP contribution < -0.4 is 10.0 Å². The van der Waals surface area contributed by atoms with Gasteiger partial charge in [0, 0.05) is 18.4 Å². The van der Waals surface area contributed by atoms with E-state index in [1.807, 2.05) is 0 Å². The van der Waals surface area contributed by atoms with E-state index in [-0.39, 0.29) is 4.21 Å². The topological polar surface area (TPSA) is 71.1 Å². The normalized spacial score (nSPS) is 11.2. The largest absolute Gasteiger partial charge is 0.388 e. The fourth-order valence-electron chi connectivity index (χ4n) is 1.38. The SMILES string of the molecule is CNc1ccc(NS(=O)(=O)c2cnc(C)s2)cc1. The summed E-state index contributed by atoms with van der Waals surface area (Å²) in [4.78, 5) is 3.94. The van der Waals surface area contributed by atoms with E-state index in [1.165, 1.54) is 6.20 Å². The van der Waals surface area contributed by atoms with E-state index < -0.39 is 10.0 Å². The van der Waals surface area contributed by atoms with Crippen molar-refractivity contribution in [1.82, 2.24) is 4.98 Å². The zero-order valence-electron chi connectivity index (χ0n) is 9.97. The quantitative estimate of drug-likeness (QED) is 0.903. The first-order valence-corrected chi connectivity index (χ1v) is 7.54. The molecule has 2 rings (SSSR count). The highest BCUT2D eigenvalue weighted by molar-refractivity contribution is 7.94. The molecule has 0 aliphatic rings. The van der Waals surface area contributed by atoms with Crippen LogP contribution in [0.1, 0.15) is 5.01 Å². The minimum absolute atomic E-state index is 0.220. The van der Waals surface area contributed by atoms with Gasteiger partial charge in [0.2, 0.25) is 0 Å². The highest BCUT2D eigenvalue weighted by Crippen LogP contribution is 2.22. The van der Waals surface area contributed by atoms with Gasteiger partial charge in [-0.1, -0.05) is 0 Å². The molecule has 0 fully saturated rings. The Balaban J connectivity index is 2.22. The van der Waals surface area contributed by atoms with Crippen molar-refractivity contribution in [3.63, 3.8) is 0 Å². The Morgan fingerprint density at radius 2 is 1.78 bits per heavy atom. The molecule has 0 aliphatic carbocycles. The highest BCUT2D eigenvalue weighted by Gasteiger charge is 2.16. The third kappa shape index (κ3) is 2.80. The Hall–Kier alpha value is -1.60. The molecule has 0 unspecified atom stereocenters. The van der Waals surface area contributed by atoms with Gasteiger partial charge < -0.3 is 5.32 Å². The number of hydrogen-bond acceptors (Lipinski definition) is 5. The molecule has 0 spiro atoms. The average molecular weight is 283 g/mol. The summed E-state index contributed by atoms with van der Waals surface area (Å²) in [5.74, 6) is 0. The summed E-state index contributed by atoms with van der Waals surface area (Å²) in [6.07, 6.45) is 1.37. The van der Waals surface area contributed by atoms with E-state index in [0.29, 0.717) is 5.69 Å². The standard InChI is InChI=1S/C11H13N3O2S2/c1-8-13-7-11(17-8)18(15,16)14-10-5-3-9(12-2)4-6-10/h3-7,12,14H,1-2H3. The van der Waals surface area contributed by atoms with Gasteiger partial charge in [0.05, 0.1) is 11.2 Å². The summed E-state index contributed by atoms with van der Waals surface area (Å²) in [6, 6.07) is 7.01. The third-order valence-electron chi connectivity index (χ3n) is 2.29. The van der Waals surface area contributed by atoms with Crippen LogP contribution in [0, 0.1) is 6.92 Å². The summed E-state index contributed by atoms with van der Waals surface area (Å²) >= 11 is 1.15. The summed E-state index contributed by atoms with van der Waals surface area (Å²) in [7, 11) is -1.72. The molecule has 0 amide bonds. The maximum Gasteiger partial charge on any atom is 0.273 e. The van der Waals surface area contributed by atoms with Gasteiger partial charge in [0.25, 0.3) is 10.0 Å². The van der Waals surface area contributed by atoms with Gasteiger partial charge >= 0.3 is 0 Å². The van der Waals surface area contributed by atoms with Crippen molar-refractivity contribution >= 4 is 32.7 Å². The van der Waals surface area contributed by atoms with Gasteiger partial charge in [-0.25, -0.2) is 13.4 Å². The van der Waals surface area contributed by atoms with Crippen LogP contribution >= 0.6 is 11.3 Å². The van der Waals surface area contributed by atoms with Gasteiger partial charge in [-0.2, -0.15) is 0 Å². The van der Waals surface area contributed by atoms with Crippen LogP contribution in [0.2, 0.25) is 0 Å². The number of nitrogens with zero attached hydrogens (tertiary/aromatic N) is 1. The van der Waals surface area contributed by atoms with Gasteiger partial charge in [-0.15, -0.1) is 11.3 Å². The Morgan fingerprint density at radius 1 is 1.17 bits per heavy atom. The van der Waals surface area contributed by atoms with Crippen molar-refractivity contribution in [3.8, 4) is 0 Å². The first-order valence-electron chi connectivity index (χ1n) is 5.24. The second kappa shape index (κ2) is 4.95. The number of hydrogen-bond donors (Lipinski definition) is 2. The van der Waals surface area contributed by atoms with E-state index in [9.17, 15) is 8.42 Å². The maximum atomic E-state index is 12.0. The zero-order valence-corrected chi connectivity index (χ0v) is 11.6. The number of nitrogens with one attached hydrogen (secondary N) is 2. The molecule has 1 aromatic heterocycles. The number of thiazole rings is 1. The van der Waals surface area contributed by atoms with Crippen LogP contribution in [0.5, 0.6) is 0 Å². The fourth-order valence-corrected chi connectivity index (χ4v) is 3.54. The fraction of sp³-hybridized carbons (Fsp3) is 0.182. The van der Waals surface area contributed by atoms with Crippen molar-refractivity contribution in [3.05, 3.63) is 35.5 Å². The highest BCUT2D eigenvalue weighted by atomic mass is 32.2. The molecule has 0 saturated heterocycles. The van der Waals surface area contributed by atoms with Crippen molar-refractivity contribution in [2.75, 3.05) is 17.1 Å². The number of rotatable bonds is 4. The Bertz CT molecular complexity index is 633. The third-order valence-corrected chi connectivity index (χ3v) is 5.05. The summed E-state index contributed by atoms with van der Waals surface area (Å²) in [5, 5.41) is 3.69. The molecule has 0 saturated carbocycles. The number of aromatic nitrogens is 1. The molecule has 1 heterocycles. The Kier molecular flexibility index (Phi) is 3.53. The van der Waals surface area contributed by atoms with Crippen LogP contribution in [-0.4, -0.2) is 20.4 Å². The van der Waals surface area contributed by atoms with Crippen molar-refractivity contribution in [2.45, 2.75) is 11.1 Å². The predicted octanol–water partition coefficient (Wildman–Crippen LogP) is 2.29. The Morgan fingerprint density at radius 3 is 2.28 bits per heavy atom. The van der Waals surface area contributed by atoms with Crippen LogP contribution in [-0.2, 0) is 10.0 Å². The zero-order chi connectivity index (χ0) is 13.2. The van der Waals surface area contributed by atoms with Gasteiger partial charge in [-0.05, 0) is 31.2 Å². The molecular weight excluding hydrogens is 270 g/mol. The molecule has 18 heavy (non-hydrogen) atoms. The molecule has 5 nitrogen and oxygen atoms in total. The van der Waals surface area contributed by atoms with Crippen LogP contribution in [0.4, 0.5) is 11.4 Å². The molecule has 7 heteroatoms. The minimum Gasteiger partial charge on any atom is -0.388 e. The molecule has 0 radical (unpaired) electrons. The molecule has 1 aromatic carbocycles. The van der Waals surface area contributed by atoms with Gasteiger partial charge in [0.15, 0.2) is 4.21 Å². The second-order valence-electron chi connectivity index (χ2n) is 3.63. The summed E-state index contributed by atoms with van der Waals surface area (Å²) < 4.78 is 26.8. The summed E-state index contributed by atoms with van der Waals surface area (Å²) in [6.45, 7) is 1.77. The van der Waals surface area contributed by atoms with E-state index in [4.69, 9.17) is 0 Å². The lowest BCUT2D eigenvalue weighted by molar-refractivity contribution is 0.603. The number of sulfonamides is 1. The summed E-state index contributed by atoms with van der Waals surface area (Å²) in [5.41, 5.74) is 1.45. The van der Waals surface area contributed by atoms with E-state index in [1.54, 1.807) is 38.2 Å². The van der Waals surface area contributed by atoms with E-state index >= 15 is 0 Å². The second-order valence-corrected chi connectivity index (χ2v) is 6.78. The smallest absolute Gasteiger partial charge is 0.273 e. The maximum absolute atomic E-state index is 12.0. The lowest BCUT2D eigenvalue weighted by atomic mass is 10.3. The molecule has 2 N–H and O–H groups in total. The molecule has 0 atom stereocenters. The van der Waals surface area contributed by atoms with Gasteiger partial charge in [-0.3, -0.25) is 4.72 Å². The Labute approximate surface area is 110 Å². The van der Waals surface area contributed by atoms with Crippen molar-refractivity contribution in [1.29, 1.82) is 0 Å². The predicted molar refractivity (Wildman–Crippen MR) is 73.6 cm³/mol. The van der Waals surface area contributed by atoms with Gasteiger partial charge in [0.1, 0.15) is 0 Å². The molecular formula is C11H13N3O2S2. The first kappa shape index (κ1) is 12.8. The molecule has 0 bridgehead atoms. The number of anilines is 2. The van der Waals surface area contributed by atoms with Crippen LogP contribution in [0.15, 0.2) is 34.7 Å². The van der Waals surface area contributed by atoms with Crippen molar-refractivity contribution in [2.24, 2.45) is 0 Å².